The number of thiazole rings is 1. The monoisotopic (exact) mass is 308 g/mol. The van der Waals surface area contributed by atoms with Crippen LogP contribution in [0.25, 0.3) is 11.3 Å². The zero-order valence-corrected chi connectivity index (χ0v) is 12.5. The van der Waals surface area contributed by atoms with Crippen molar-refractivity contribution in [3.8, 4) is 11.3 Å². The summed E-state index contributed by atoms with van der Waals surface area (Å²) in [6, 6.07) is 5.71. The van der Waals surface area contributed by atoms with Crippen LogP contribution in [-0.2, 0) is 11.2 Å². The fourth-order valence-electron chi connectivity index (χ4n) is 1.94. The number of carbonyl (C=O) groups is 1. The average molecular weight is 308 g/mol. The van der Waals surface area contributed by atoms with E-state index in [0.717, 1.165) is 16.3 Å². The zero-order chi connectivity index (χ0) is 15.2. The van der Waals surface area contributed by atoms with Crippen molar-refractivity contribution in [3.05, 3.63) is 40.5 Å². The number of carboxylic acids is 1. The Bertz CT molecular complexity index is 598. The Morgan fingerprint density at radius 1 is 1.43 bits per heavy atom. The van der Waals surface area contributed by atoms with Crippen LogP contribution in [0.5, 0.6) is 0 Å². The Kier molecular flexibility index (Phi) is 5.41. The van der Waals surface area contributed by atoms with Crippen molar-refractivity contribution in [3.63, 3.8) is 0 Å². The molecular weight excluding hydrogens is 291 g/mol. The SMILES string of the molecule is CCC(NCCc1nc(-c2ccc(F)cc2)cs1)C(=O)O. The molecule has 0 aliphatic rings. The van der Waals surface area contributed by atoms with Crippen LogP contribution >= 0.6 is 11.3 Å². The van der Waals surface area contributed by atoms with Crippen LogP contribution in [0.2, 0.25) is 0 Å². The van der Waals surface area contributed by atoms with Gasteiger partial charge < -0.3 is 10.4 Å². The summed E-state index contributed by atoms with van der Waals surface area (Å²) in [6.45, 7) is 2.41. The molecule has 2 rings (SSSR count). The number of nitrogens with one attached hydrogen (secondary N) is 1. The summed E-state index contributed by atoms with van der Waals surface area (Å²) in [4.78, 5) is 15.4. The van der Waals surface area contributed by atoms with E-state index in [1.807, 2.05) is 12.3 Å². The first-order chi connectivity index (χ1) is 10.1. The molecule has 1 aromatic heterocycles. The van der Waals surface area contributed by atoms with Crippen LogP contribution in [0.15, 0.2) is 29.6 Å². The molecule has 0 radical (unpaired) electrons. The normalized spacial score (nSPS) is 12.3. The third kappa shape index (κ3) is 4.34. The first-order valence-electron chi connectivity index (χ1n) is 6.76. The highest BCUT2D eigenvalue weighted by atomic mass is 32.1. The number of hydrogen-bond acceptors (Lipinski definition) is 4. The summed E-state index contributed by atoms with van der Waals surface area (Å²) in [6.07, 6.45) is 1.23. The fourth-order valence-corrected chi connectivity index (χ4v) is 2.75. The maximum atomic E-state index is 12.9. The van der Waals surface area contributed by atoms with Crippen molar-refractivity contribution in [2.45, 2.75) is 25.8 Å². The van der Waals surface area contributed by atoms with Gasteiger partial charge >= 0.3 is 5.97 Å². The van der Waals surface area contributed by atoms with E-state index in [1.165, 1.54) is 23.5 Å². The van der Waals surface area contributed by atoms with E-state index in [-0.39, 0.29) is 5.82 Å². The highest BCUT2D eigenvalue weighted by Crippen LogP contribution is 2.22. The highest BCUT2D eigenvalue weighted by molar-refractivity contribution is 7.09. The number of carboxylic acid groups (broad SMARTS) is 1. The molecule has 0 bridgehead atoms. The van der Waals surface area contributed by atoms with Gasteiger partial charge in [0.25, 0.3) is 0 Å². The Morgan fingerprint density at radius 2 is 2.14 bits per heavy atom. The summed E-state index contributed by atoms with van der Waals surface area (Å²) in [7, 11) is 0. The van der Waals surface area contributed by atoms with Gasteiger partial charge in [-0.2, -0.15) is 0 Å². The van der Waals surface area contributed by atoms with Gasteiger partial charge in [0.1, 0.15) is 11.9 Å². The first-order valence-corrected chi connectivity index (χ1v) is 7.64. The second-order valence-corrected chi connectivity index (χ2v) is 5.58. The average Bonchev–Trinajstić information content (AvgIpc) is 2.93. The fraction of sp³-hybridized carbons (Fsp3) is 0.333. The predicted octanol–water partition coefficient (Wildman–Crippen LogP) is 2.94. The van der Waals surface area contributed by atoms with Crippen LogP contribution in [0.1, 0.15) is 18.4 Å². The molecule has 0 saturated carbocycles. The van der Waals surface area contributed by atoms with E-state index in [4.69, 9.17) is 5.11 Å². The summed E-state index contributed by atoms with van der Waals surface area (Å²) in [5, 5.41) is 14.8. The van der Waals surface area contributed by atoms with E-state index < -0.39 is 12.0 Å². The van der Waals surface area contributed by atoms with E-state index >= 15 is 0 Å². The minimum atomic E-state index is -0.830. The van der Waals surface area contributed by atoms with E-state index in [0.29, 0.717) is 19.4 Å². The number of aliphatic carboxylic acids is 1. The van der Waals surface area contributed by atoms with Gasteiger partial charge in [-0.1, -0.05) is 6.92 Å². The molecule has 0 aliphatic heterocycles. The lowest BCUT2D eigenvalue weighted by atomic mass is 10.2. The maximum Gasteiger partial charge on any atom is 0.320 e. The number of halogens is 1. The number of hydrogen-bond donors (Lipinski definition) is 2. The number of benzene rings is 1. The topological polar surface area (TPSA) is 62.2 Å². The van der Waals surface area contributed by atoms with Crippen molar-refractivity contribution in [2.75, 3.05) is 6.54 Å². The molecule has 21 heavy (non-hydrogen) atoms. The molecule has 0 aliphatic carbocycles. The van der Waals surface area contributed by atoms with Gasteiger partial charge in [0.05, 0.1) is 10.7 Å². The Hall–Kier alpha value is -1.79. The van der Waals surface area contributed by atoms with Crippen molar-refractivity contribution in [1.82, 2.24) is 10.3 Å². The Balaban J connectivity index is 1.91. The van der Waals surface area contributed by atoms with Crippen molar-refractivity contribution < 1.29 is 14.3 Å². The molecule has 0 spiro atoms. The van der Waals surface area contributed by atoms with E-state index in [1.54, 1.807) is 12.1 Å². The molecule has 0 fully saturated rings. The zero-order valence-electron chi connectivity index (χ0n) is 11.7. The van der Waals surface area contributed by atoms with E-state index in [2.05, 4.69) is 10.3 Å². The van der Waals surface area contributed by atoms with Crippen molar-refractivity contribution in [2.24, 2.45) is 0 Å². The lowest BCUT2D eigenvalue weighted by molar-refractivity contribution is -0.139. The van der Waals surface area contributed by atoms with Crippen LogP contribution in [0.3, 0.4) is 0 Å². The van der Waals surface area contributed by atoms with Gasteiger partial charge in [0.15, 0.2) is 0 Å². The van der Waals surface area contributed by atoms with E-state index in [9.17, 15) is 9.18 Å². The molecular formula is C15H17FN2O2S. The van der Waals surface area contributed by atoms with Crippen molar-refractivity contribution in [1.29, 1.82) is 0 Å². The molecule has 1 aromatic carbocycles. The van der Waals surface area contributed by atoms with Gasteiger partial charge in [-0.05, 0) is 30.7 Å². The molecule has 2 N–H and O–H groups in total. The lowest BCUT2D eigenvalue weighted by Gasteiger charge is -2.10. The van der Waals surface area contributed by atoms with Gasteiger partial charge in [-0.25, -0.2) is 9.37 Å². The lowest BCUT2D eigenvalue weighted by Crippen LogP contribution is -2.37. The minimum Gasteiger partial charge on any atom is -0.480 e. The number of nitrogens with zero attached hydrogens (tertiary/aromatic N) is 1. The molecule has 1 unspecified atom stereocenters. The molecule has 1 heterocycles. The standard InChI is InChI=1S/C15H17FN2O2S/c1-2-12(15(19)20)17-8-7-14-18-13(9-21-14)10-3-5-11(16)6-4-10/h3-6,9,12,17H,2,7-8H2,1H3,(H,19,20). The third-order valence-electron chi connectivity index (χ3n) is 3.13. The molecule has 2 aromatic rings. The molecule has 6 heteroatoms. The molecule has 4 nitrogen and oxygen atoms in total. The number of aromatic nitrogens is 1. The predicted molar refractivity (Wildman–Crippen MR) is 80.9 cm³/mol. The van der Waals surface area contributed by atoms with Gasteiger partial charge in [-0.15, -0.1) is 11.3 Å². The molecule has 0 amide bonds. The van der Waals surface area contributed by atoms with Gasteiger partial charge in [-0.3, -0.25) is 4.79 Å². The smallest absolute Gasteiger partial charge is 0.320 e. The molecule has 1 atom stereocenters. The largest absolute Gasteiger partial charge is 0.480 e. The van der Waals surface area contributed by atoms with Gasteiger partial charge in [0.2, 0.25) is 0 Å². The third-order valence-corrected chi connectivity index (χ3v) is 4.04. The second-order valence-electron chi connectivity index (χ2n) is 4.64. The van der Waals surface area contributed by atoms with Crippen LogP contribution in [-0.4, -0.2) is 28.6 Å². The van der Waals surface area contributed by atoms with Gasteiger partial charge in [0, 0.05) is 23.9 Å². The summed E-state index contributed by atoms with van der Waals surface area (Å²) < 4.78 is 12.9. The molecule has 0 saturated heterocycles. The minimum absolute atomic E-state index is 0.266. The second kappa shape index (κ2) is 7.28. The first kappa shape index (κ1) is 15.6. The summed E-state index contributed by atoms with van der Waals surface area (Å²) in [5.74, 6) is -1.10. The quantitative estimate of drug-likeness (QED) is 0.825. The Labute approximate surface area is 126 Å². The molecule has 112 valence electrons. The highest BCUT2D eigenvalue weighted by Gasteiger charge is 2.13. The van der Waals surface area contributed by atoms with Crippen LogP contribution in [0.4, 0.5) is 4.39 Å². The number of rotatable bonds is 7. The summed E-state index contributed by atoms with van der Waals surface area (Å²) in [5.41, 5.74) is 1.70. The Morgan fingerprint density at radius 3 is 2.76 bits per heavy atom. The maximum absolute atomic E-state index is 12.9. The van der Waals surface area contributed by atoms with Crippen LogP contribution in [0, 0.1) is 5.82 Å². The van der Waals surface area contributed by atoms with Crippen molar-refractivity contribution >= 4 is 17.3 Å². The summed E-state index contributed by atoms with van der Waals surface area (Å²) >= 11 is 1.52. The van der Waals surface area contributed by atoms with Crippen LogP contribution < -0.4 is 5.32 Å².